The molecule has 26 heavy (non-hydrogen) atoms. The van der Waals surface area contributed by atoms with E-state index in [0.29, 0.717) is 23.7 Å². The molecule has 2 aromatic heterocycles. The second-order valence-electron chi connectivity index (χ2n) is 6.00. The van der Waals surface area contributed by atoms with E-state index in [1.54, 1.807) is 32.9 Å². The van der Waals surface area contributed by atoms with Crippen molar-refractivity contribution in [3.63, 3.8) is 0 Å². The number of alkyl halides is 3. The number of hydrogen-bond acceptors (Lipinski definition) is 5. The molecule has 0 unspecified atom stereocenters. The van der Waals surface area contributed by atoms with Gasteiger partial charge >= 0.3 is 6.18 Å². The van der Waals surface area contributed by atoms with Crippen LogP contribution in [0.2, 0.25) is 0 Å². The summed E-state index contributed by atoms with van der Waals surface area (Å²) in [5, 5.41) is 11.1. The Labute approximate surface area is 148 Å². The minimum absolute atomic E-state index is 0.101. The zero-order chi connectivity index (χ0) is 19.1. The predicted molar refractivity (Wildman–Crippen MR) is 90.4 cm³/mol. The minimum atomic E-state index is -4.63. The zero-order valence-electron chi connectivity index (χ0n) is 14.8. The molecule has 0 aliphatic heterocycles. The van der Waals surface area contributed by atoms with Gasteiger partial charge in [-0.2, -0.15) is 17.7 Å². The van der Waals surface area contributed by atoms with Gasteiger partial charge in [0.2, 0.25) is 0 Å². The lowest BCUT2D eigenvalue weighted by Gasteiger charge is -2.22. The summed E-state index contributed by atoms with van der Waals surface area (Å²) in [6.07, 6.45) is -4.63. The van der Waals surface area contributed by atoms with Crippen LogP contribution in [0.15, 0.2) is 24.3 Å². The quantitative estimate of drug-likeness (QED) is 0.709. The summed E-state index contributed by atoms with van der Waals surface area (Å²) >= 11 is 0. The van der Waals surface area contributed by atoms with E-state index in [9.17, 15) is 13.2 Å². The van der Waals surface area contributed by atoms with Gasteiger partial charge in [0.15, 0.2) is 11.5 Å². The molecule has 3 aromatic rings. The number of benzene rings is 1. The lowest BCUT2D eigenvalue weighted by atomic mass is 10.1. The van der Waals surface area contributed by atoms with Crippen molar-refractivity contribution in [2.45, 2.75) is 26.6 Å². The normalized spacial score (nSPS) is 11.8. The highest BCUT2D eigenvalue weighted by Crippen LogP contribution is 2.31. The second-order valence-corrected chi connectivity index (χ2v) is 6.00. The summed E-state index contributed by atoms with van der Waals surface area (Å²) in [5.74, 6) is -0.0103. The first-order valence-corrected chi connectivity index (χ1v) is 7.87. The van der Waals surface area contributed by atoms with Crippen LogP contribution < -0.4 is 9.64 Å². The molecular formula is C17H18F3N5O. The molecular weight excluding hydrogens is 347 g/mol. The number of rotatable bonds is 4. The fourth-order valence-electron chi connectivity index (χ4n) is 2.82. The molecule has 1 aromatic carbocycles. The number of fused-ring (bicyclic) bond motifs is 1. The number of halogens is 3. The van der Waals surface area contributed by atoms with Crippen LogP contribution in [0, 0.1) is 13.8 Å². The summed E-state index contributed by atoms with van der Waals surface area (Å²) in [4.78, 5) is 1.78. The van der Waals surface area contributed by atoms with Crippen molar-refractivity contribution >= 4 is 11.5 Å². The fraction of sp³-hybridized carbons (Fsp3) is 0.353. The molecule has 0 spiro atoms. The molecule has 0 amide bonds. The average Bonchev–Trinajstić information content (AvgIpc) is 3.03. The van der Waals surface area contributed by atoms with E-state index < -0.39 is 12.0 Å². The Hall–Kier alpha value is -2.84. The average molecular weight is 365 g/mol. The summed E-state index contributed by atoms with van der Waals surface area (Å²) in [7, 11) is 3.34. The monoisotopic (exact) mass is 365 g/mol. The molecule has 0 aliphatic rings. The molecule has 0 radical (unpaired) electrons. The Morgan fingerprint density at radius 1 is 1.12 bits per heavy atom. The van der Waals surface area contributed by atoms with E-state index in [2.05, 4.69) is 15.3 Å². The SMILES string of the molecule is COc1ccccc1CN(C)c1nn2c(C(F)(F)F)nnc2c(C)c1C. The third-order valence-electron chi connectivity index (χ3n) is 4.28. The number of aromatic nitrogens is 4. The lowest BCUT2D eigenvalue weighted by Crippen LogP contribution is -2.22. The van der Waals surface area contributed by atoms with Crippen LogP contribution in [0.3, 0.4) is 0 Å². The van der Waals surface area contributed by atoms with Gasteiger partial charge in [0.1, 0.15) is 5.75 Å². The van der Waals surface area contributed by atoms with E-state index in [-0.39, 0.29) is 5.65 Å². The van der Waals surface area contributed by atoms with Crippen molar-refractivity contribution in [3.05, 3.63) is 46.8 Å². The van der Waals surface area contributed by atoms with Gasteiger partial charge in [-0.15, -0.1) is 15.3 Å². The Morgan fingerprint density at radius 3 is 2.46 bits per heavy atom. The van der Waals surface area contributed by atoms with Crippen molar-refractivity contribution in [1.29, 1.82) is 0 Å². The summed E-state index contributed by atoms with van der Waals surface area (Å²) in [6, 6.07) is 7.46. The van der Waals surface area contributed by atoms with Gasteiger partial charge < -0.3 is 9.64 Å². The van der Waals surface area contributed by atoms with E-state index in [4.69, 9.17) is 4.74 Å². The topological polar surface area (TPSA) is 55.5 Å². The fourth-order valence-corrected chi connectivity index (χ4v) is 2.82. The summed E-state index contributed by atoms with van der Waals surface area (Å²) < 4.78 is 45.6. The molecule has 0 N–H and O–H groups in total. The second kappa shape index (κ2) is 6.47. The van der Waals surface area contributed by atoms with Crippen molar-refractivity contribution in [1.82, 2.24) is 19.8 Å². The molecule has 0 atom stereocenters. The number of anilines is 1. The predicted octanol–water partition coefficient (Wildman–Crippen LogP) is 3.40. The Bertz CT molecular complexity index is 951. The third-order valence-corrected chi connectivity index (χ3v) is 4.28. The van der Waals surface area contributed by atoms with Crippen LogP contribution in [0.1, 0.15) is 22.5 Å². The van der Waals surface area contributed by atoms with Crippen LogP contribution in [-0.2, 0) is 12.7 Å². The van der Waals surface area contributed by atoms with Gasteiger partial charge in [0, 0.05) is 30.3 Å². The number of aryl methyl sites for hydroxylation is 1. The minimum Gasteiger partial charge on any atom is -0.496 e. The largest absolute Gasteiger partial charge is 0.496 e. The van der Waals surface area contributed by atoms with Crippen LogP contribution in [0.25, 0.3) is 5.65 Å². The van der Waals surface area contributed by atoms with E-state index >= 15 is 0 Å². The molecule has 0 fully saturated rings. The van der Waals surface area contributed by atoms with E-state index in [1.807, 2.05) is 24.3 Å². The number of ether oxygens (including phenoxy) is 1. The molecule has 3 rings (SSSR count). The van der Waals surface area contributed by atoms with Crippen LogP contribution >= 0.6 is 0 Å². The highest BCUT2D eigenvalue weighted by molar-refractivity contribution is 5.59. The maximum absolute atomic E-state index is 13.2. The molecule has 0 saturated heterocycles. The summed E-state index contributed by atoms with van der Waals surface area (Å²) in [6.45, 7) is 3.94. The smallest absolute Gasteiger partial charge is 0.453 e. The van der Waals surface area contributed by atoms with Gasteiger partial charge in [-0.05, 0) is 19.9 Å². The van der Waals surface area contributed by atoms with Gasteiger partial charge in [-0.1, -0.05) is 18.2 Å². The number of nitrogens with zero attached hydrogens (tertiary/aromatic N) is 5. The highest BCUT2D eigenvalue weighted by atomic mass is 19.4. The Kier molecular flexibility index (Phi) is 4.47. The lowest BCUT2D eigenvalue weighted by molar-refractivity contribution is -0.146. The van der Waals surface area contributed by atoms with Gasteiger partial charge in [-0.25, -0.2) is 0 Å². The number of hydrogen-bond donors (Lipinski definition) is 0. The van der Waals surface area contributed by atoms with Crippen molar-refractivity contribution in [2.75, 3.05) is 19.1 Å². The number of para-hydroxylation sites is 1. The zero-order valence-corrected chi connectivity index (χ0v) is 14.8. The Balaban J connectivity index is 2.08. The first kappa shape index (κ1) is 18.0. The highest BCUT2D eigenvalue weighted by Gasteiger charge is 2.38. The van der Waals surface area contributed by atoms with Gasteiger partial charge in [0.05, 0.1) is 7.11 Å². The summed E-state index contributed by atoms with van der Waals surface area (Å²) in [5.41, 5.74) is 2.35. The molecule has 2 heterocycles. The van der Waals surface area contributed by atoms with E-state index in [1.165, 1.54) is 0 Å². The van der Waals surface area contributed by atoms with Crippen molar-refractivity contribution < 1.29 is 17.9 Å². The molecule has 0 saturated carbocycles. The standard InChI is InChI=1S/C17H18F3N5O/c1-10-11(2)15(23-25-14(10)21-22-16(25)17(18,19)20)24(3)9-12-7-5-6-8-13(12)26-4/h5-8H,9H2,1-4H3. The third kappa shape index (κ3) is 3.04. The first-order chi connectivity index (χ1) is 12.2. The molecule has 6 nitrogen and oxygen atoms in total. The van der Waals surface area contributed by atoms with Gasteiger partial charge in [0.25, 0.3) is 5.82 Å². The first-order valence-electron chi connectivity index (χ1n) is 7.87. The van der Waals surface area contributed by atoms with Crippen LogP contribution in [-0.4, -0.2) is 34.0 Å². The molecule has 138 valence electrons. The molecule has 9 heteroatoms. The molecule has 0 aliphatic carbocycles. The maximum Gasteiger partial charge on any atom is 0.453 e. The van der Waals surface area contributed by atoms with Crippen LogP contribution in [0.5, 0.6) is 5.75 Å². The van der Waals surface area contributed by atoms with Crippen molar-refractivity contribution in [3.8, 4) is 5.75 Å². The van der Waals surface area contributed by atoms with Crippen molar-refractivity contribution in [2.24, 2.45) is 0 Å². The molecule has 0 bridgehead atoms. The maximum atomic E-state index is 13.2. The number of methoxy groups -OCH3 is 1. The Morgan fingerprint density at radius 2 is 1.81 bits per heavy atom. The van der Waals surface area contributed by atoms with Gasteiger partial charge in [-0.3, -0.25) is 0 Å². The van der Waals surface area contributed by atoms with Crippen LogP contribution in [0.4, 0.5) is 19.0 Å². The van der Waals surface area contributed by atoms with E-state index in [0.717, 1.165) is 15.6 Å².